The lowest BCUT2D eigenvalue weighted by Crippen LogP contribution is -2.62. The van der Waals surface area contributed by atoms with Gasteiger partial charge in [-0.3, -0.25) is 57.5 Å². The summed E-state index contributed by atoms with van der Waals surface area (Å²) in [7, 11) is 0. The topological polar surface area (TPSA) is 428 Å². The Labute approximate surface area is 394 Å². The molecule has 0 saturated carbocycles. The number of aliphatic hydroxyl groups excluding tert-OH is 1. The van der Waals surface area contributed by atoms with Crippen LogP contribution in [0.1, 0.15) is 64.9 Å². The number of carbonyl (C=O) groups excluding carboxylic acids is 8. The summed E-state index contributed by atoms with van der Waals surface area (Å²) in [5.41, 5.74) is 6.10. The van der Waals surface area contributed by atoms with Gasteiger partial charge in [-0.15, -0.1) is 0 Å². The fourth-order valence-corrected chi connectivity index (χ4v) is 6.48. The van der Waals surface area contributed by atoms with Gasteiger partial charge in [-0.1, -0.05) is 44.2 Å². The normalized spacial score (nSPS) is 14.4. The van der Waals surface area contributed by atoms with E-state index in [9.17, 15) is 72.9 Å². The van der Waals surface area contributed by atoms with Crippen molar-refractivity contribution in [2.24, 2.45) is 11.7 Å². The summed E-state index contributed by atoms with van der Waals surface area (Å²) in [6.45, 7) is 3.03. The van der Waals surface area contributed by atoms with E-state index in [-0.39, 0.29) is 30.9 Å². The molecule has 0 spiro atoms. The molecule has 1 aromatic carbocycles. The SMILES string of the molecule is CSCC[C@H](NC(=O)[C@H](CC(=O)O)NC(=O)[C@@H](NC(=O)[C@H](Cc1ccccc1)NC(=O)[C@H](CCC(=O)O)NC(=O)[C@H](CC(C)C)NC(=O)[C@@H](N)CC(=O)O)[C@@H](C)O)C(=O)NCC(=O)NCC(=O)O. The minimum Gasteiger partial charge on any atom is -0.481 e. The Morgan fingerprint density at radius 1 is 0.559 bits per heavy atom. The number of nitrogens with two attached hydrogens (primary N) is 1. The highest BCUT2D eigenvalue weighted by atomic mass is 32.2. The van der Waals surface area contributed by atoms with Crippen LogP contribution in [0.3, 0.4) is 0 Å². The van der Waals surface area contributed by atoms with Crippen LogP contribution in [0, 0.1) is 5.92 Å². The van der Waals surface area contributed by atoms with Crippen molar-refractivity contribution in [2.75, 3.05) is 25.1 Å². The van der Waals surface area contributed by atoms with Gasteiger partial charge in [0.2, 0.25) is 47.3 Å². The molecule has 0 aliphatic heterocycles. The maximum Gasteiger partial charge on any atom is 0.322 e. The molecular weight excluding hydrogens is 923 g/mol. The molecule has 0 aliphatic carbocycles. The van der Waals surface area contributed by atoms with Crippen LogP contribution in [0.5, 0.6) is 0 Å². The number of aliphatic carboxylic acids is 4. The third-order valence-electron chi connectivity index (χ3n) is 9.44. The molecule has 26 nitrogen and oxygen atoms in total. The molecule has 1 aromatic rings. The van der Waals surface area contributed by atoms with Crippen LogP contribution in [0.15, 0.2) is 30.3 Å². The second-order valence-corrected chi connectivity index (χ2v) is 16.7. The van der Waals surface area contributed by atoms with Crippen molar-refractivity contribution in [3.63, 3.8) is 0 Å². The second kappa shape index (κ2) is 30.4. The summed E-state index contributed by atoms with van der Waals surface area (Å²) in [5, 5.41) is 65.7. The van der Waals surface area contributed by atoms with Gasteiger partial charge < -0.3 is 73.8 Å². The lowest BCUT2D eigenvalue weighted by atomic mass is 10.0. The van der Waals surface area contributed by atoms with Gasteiger partial charge in [0, 0.05) is 12.8 Å². The first-order valence-electron chi connectivity index (χ1n) is 21.0. The molecule has 0 aliphatic rings. The fourth-order valence-electron chi connectivity index (χ4n) is 6.01. The van der Waals surface area contributed by atoms with Crippen molar-refractivity contribution in [2.45, 2.75) is 114 Å². The van der Waals surface area contributed by atoms with Gasteiger partial charge in [0.25, 0.3) is 0 Å². The number of rotatable bonds is 32. The van der Waals surface area contributed by atoms with Crippen LogP contribution in [0.25, 0.3) is 0 Å². The van der Waals surface area contributed by atoms with Crippen molar-refractivity contribution in [3.05, 3.63) is 35.9 Å². The molecule has 0 saturated heterocycles. The molecule has 0 unspecified atom stereocenters. The molecule has 0 heterocycles. The molecule has 8 amide bonds. The predicted molar refractivity (Wildman–Crippen MR) is 239 cm³/mol. The van der Waals surface area contributed by atoms with Crippen LogP contribution < -0.4 is 48.3 Å². The van der Waals surface area contributed by atoms with E-state index in [0.717, 1.165) is 6.92 Å². The number of benzene rings is 1. The quantitative estimate of drug-likeness (QED) is 0.0325. The summed E-state index contributed by atoms with van der Waals surface area (Å²) in [5.74, 6) is -14.2. The first kappa shape index (κ1) is 59.1. The zero-order valence-corrected chi connectivity index (χ0v) is 38.6. The van der Waals surface area contributed by atoms with Crippen LogP contribution >= 0.6 is 11.8 Å². The molecule has 15 N–H and O–H groups in total. The smallest absolute Gasteiger partial charge is 0.322 e. The standard InChI is InChI=1S/C41H61N9O17S/c1-20(2)14-26(47-35(61)23(42)16-31(55)56)38(64)45-24(10-11-30(53)54)37(63)48-27(15-22-8-6-5-7-9-22)40(66)50-34(21(3)51)41(67)49-28(17-32(57)58)39(65)46-25(12-13-68-4)36(62)44-18-29(52)43-19-33(59)60/h5-9,20-21,23-28,34,51H,10-19,42H2,1-4H3,(H,43,52)(H,44,62)(H,45,64)(H,46,65)(H,47,61)(H,48,63)(H,49,67)(H,50,66)(H,53,54)(H,55,56)(H,57,58)(H,59,60)/t21-,23+,24+,25+,26+,27+,28+,34+/m1/s1. The van der Waals surface area contributed by atoms with Crippen molar-refractivity contribution in [1.82, 2.24) is 42.5 Å². The molecule has 8 atom stereocenters. The van der Waals surface area contributed by atoms with Gasteiger partial charge in [-0.05, 0) is 49.7 Å². The molecule has 0 bridgehead atoms. The van der Waals surface area contributed by atoms with Crippen molar-refractivity contribution in [1.29, 1.82) is 0 Å². The molecule has 27 heteroatoms. The number of aliphatic hydroxyl groups is 1. The first-order chi connectivity index (χ1) is 31.8. The van der Waals surface area contributed by atoms with E-state index in [1.807, 2.05) is 5.32 Å². The fraction of sp³-hybridized carbons (Fsp3) is 0.561. The van der Waals surface area contributed by atoms with Gasteiger partial charge in [-0.2, -0.15) is 11.8 Å². The summed E-state index contributed by atoms with van der Waals surface area (Å²) in [6, 6.07) is -3.53. The maximum absolute atomic E-state index is 14.0. The summed E-state index contributed by atoms with van der Waals surface area (Å²) >= 11 is 1.26. The Balaban J connectivity index is 3.46. The highest BCUT2D eigenvalue weighted by Gasteiger charge is 2.36. The summed E-state index contributed by atoms with van der Waals surface area (Å²) in [4.78, 5) is 152. The monoisotopic (exact) mass is 983 g/mol. The number of hydrogen-bond acceptors (Lipinski definition) is 15. The number of amides is 8. The third-order valence-corrected chi connectivity index (χ3v) is 10.1. The second-order valence-electron chi connectivity index (χ2n) is 15.8. The minimum absolute atomic E-state index is 0.0347. The molecule has 0 radical (unpaired) electrons. The van der Waals surface area contributed by atoms with Gasteiger partial charge in [0.1, 0.15) is 42.8 Å². The minimum atomic E-state index is -1.95. The highest BCUT2D eigenvalue weighted by Crippen LogP contribution is 2.11. The molecule has 68 heavy (non-hydrogen) atoms. The number of thioether (sulfide) groups is 1. The van der Waals surface area contributed by atoms with Crippen molar-refractivity contribution < 1.29 is 83.1 Å². The summed E-state index contributed by atoms with van der Waals surface area (Å²) in [6.07, 6.45) is -3.52. The Kier molecular flexibility index (Phi) is 26.5. The number of nitrogens with one attached hydrogen (secondary N) is 8. The molecule has 0 fully saturated rings. The van der Waals surface area contributed by atoms with E-state index in [0.29, 0.717) is 5.56 Å². The number of carboxylic acid groups (broad SMARTS) is 4. The molecule has 378 valence electrons. The number of carboxylic acids is 4. The van der Waals surface area contributed by atoms with Gasteiger partial charge >= 0.3 is 23.9 Å². The van der Waals surface area contributed by atoms with Gasteiger partial charge in [-0.25, -0.2) is 0 Å². The average molecular weight is 984 g/mol. The van der Waals surface area contributed by atoms with E-state index in [1.54, 1.807) is 50.4 Å². The molecule has 1 rings (SSSR count). The van der Waals surface area contributed by atoms with E-state index in [2.05, 4.69) is 37.2 Å². The van der Waals surface area contributed by atoms with Crippen LogP contribution in [0.2, 0.25) is 0 Å². The zero-order valence-electron chi connectivity index (χ0n) is 37.8. The van der Waals surface area contributed by atoms with E-state index in [1.165, 1.54) is 11.8 Å². The molecule has 0 aromatic heterocycles. The average Bonchev–Trinajstić information content (AvgIpc) is 3.25. The third kappa shape index (κ3) is 23.5. The Bertz CT molecular complexity index is 1960. The highest BCUT2D eigenvalue weighted by molar-refractivity contribution is 7.98. The number of carbonyl (C=O) groups is 12. The predicted octanol–water partition coefficient (Wildman–Crippen LogP) is -4.22. The van der Waals surface area contributed by atoms with Crippen molar-refractivity contribution >= 4 is 82.9 Å². The largest absolute Gasteiger partial charge is 0.481 e. The zero-order chi connectivity index (χ0) is 51.7. The van der Waals surface area contributed by atoms with Crippen molar-refractivity contribution in [3.8, 4) is 0 Å². The maximum atomic E-state index is 14.0. The van der Waals surface area contributed by atoms with Crippen LogP contribution in [0.4, 0.5) is 0 Å². The Morgan fingerprint density at radius 3 is 1.60 bits per heavy atom. The lowest BCUT2D eigenvalue weighted by Gasteiger charge is -2.28. The van der Waals surface area contributed by atoms with E-state index in [4.69, 9.17) is 15.9 Å². The van der Waals surface area contributed by atoms with Crippen LogP contribution in [-0.4, -0.2) is 170 Å². The Hall–Kier alpha value is -6.87. The van der Waals surface area contributed by atoms with Gasteiger partial charge in [0.05, 0.1) is 31.5 Å². The van der Waals surface area contributed by atoms with E-state index < -0.39 is 158 Å². The number of hydrogen-bond donors (Lipinski definition) is 14. The molecular formula is C41H61N9O17S. The summed E-state index contributed by atoms with van der Waals surface area (Å²) < 4.78 is 0. The van der Waals surface area contributed by atoms with Gasteiger partial charge in [0.15, 0.2) is 0 Å². The first-order valence-corrected chi connectivity index (χ1v) is 22.4. The van der Waals surface area contributed by atoms with E-state index >= 15 is 0 Å². The van der Waals surface area contributed by atoms with Crippen LogP contribution in [-0.2, 0) is 64.0 Å². The Morgan fingerprint density at radius 2 is 1.07 bits per heavy atom. The lowest BCUT2D eigenvalue weighted by molar-refractivity contribution is -0.142.